The molecule has 0 saturated carbocycles. The van der Waals surface area contributed by atoms with Crippen molar-refractivity contribution in [1.82, 2.24) is 8.79 Å². The standard InChI is InChI=1S/C15H32ClN2PSeSi3/c1-21(2,3)17(18(22(4,5)6)23(7,8)9)19(16,20)15-13-11-10-12-14-15/h10-14H,1-9H3. The Morgan fingerprint density at radius 2 is 1.17 bits per heavy atom. The van der Waals surface area contributed by atoms with Crippen LogP contribution >= 0.6 is 16.3 Å². The zero-order valence-electron chi connectivity index (χ0n) is 16.0. The Bertz CT molecular complexity index is 565. The van der Waals surface area contributed by atoms with E-state index >= 15 is 0 Å². The van der Waals surface area contributed by atoms with Gasteiger partial charge >= 0.3 is 159 Å². The van der Waals surface area contributed by atoms with Crippen molar-refractivity contribution in [2.24, 2.45) is 0 Å². The van der Waals surface area contributed by atoms with Crippen LogP contribution in [0.2, 0.25) is 58.9 Å². The summed E-state index contributed by atoms with van der Waals surface area (Å²) in [6.45, 7) is 21.9. The van der Waals surface area contributed by atoms with E-state index in [0.717, 1.165) is 0 Å². The second kappa shape index (κ2) is 7.34. The van der Waals surface area contributed by atoms with Gasteiger partial charge in [0.05, 0.1) is 0 Å². The summed E-state index contributed by atoms with van der Waals surface area (Å²) < 4.78 is 5.45. The van der Waals surface area contributed by atoms with E-state index in [0.29, 0.717) is 0 Å². The molecule has 0 aliphatic carbocycles. The molecule has 132 valence electrons. The number of hydrogen-bond acceptors (Lipinski definition) is 2. The van der Waals surface area contributed by atoms with Crippen LogP contribution in [0.25, 0.3) is 0 Å². The van der Waals surface area contributed by atoms with Crippen molar-refractivity contribution in [3.05, 3.63) is 30.3 Å². The van der Waals surface area contributed by atoms with Gasteiger partial charge in [0.15, 0.2) is 0 Å². The maximum atomic E-state index is 7.34. The quantitative estimate of drug-likeness (QED) is 0.308. The van der Waals surface area contributed by atoms with Gasteiger partial charge in [-0.3, -0.25) is 0 Å². The Kier molecular flexibility index (Phi) is 7.04. The normalized spacial score (nSPS) is 16.7. The first-order valence-corrected chi connectivity index (χ1v) is 23.3. The van der Waals surface area contributed by atoms with Gasteiger partial charge < -0.3 is 0 Å². The predicted molar refractivity (Wildman–Crippen MR) is 118 cm³/mol. The number of rotatable bonds is 6. The van der Waals surface area contributed by atoms with Crippen molar-refractivity contribution in [1.29, 1.82) is 0 Å². The van der Waals surface area contributed by atoms with Crippen LogP contribution in [0.3, 0.4) is 0 Å². The van der Waals surface area contributed by atoms with Gasteiger partial charge in [-0.05, 0) is 0 Å². The minimum atomic E-state index is -2.04. The predicted octanol–water partition coefficient (Wildman–Crippen LogP) is 5.51. The molecule has 0 fully saturated rings. The number of nitrogens with zero attached hydrogens (tertiary/aromatic N) is 2. The number of hydrazine groups is 1. The molecule has 0 N–H and O–H groups in total. The summed E-state index contributed by atoms with van der Waals surface area (Å²) in [5.74, 6) is 0. The van der Waals surface area contributed by atoms with Crippen molar-refractivity contribution in [2.45, 2.75) is 58.9 Å². The van der Waals surface area contributed by atoms with Gasteiger partial charge in [-0.15, -0.1) is 0 Å². The fraction of sp³-hybridized carbons (Fsp3) is 0.600. The molecule has 0 aliphatic rings. The summed E-state index contributed by atoms with van der Waals surface area (Å²) >= 11 is 10.8. The average Bonchev–Trinajstić information content (AvgIpc) is 2.32. The maximum absolute atomic E-state index is 7.34. The molecule has 1 aromatic carbocycles. The molecule has 8 heteroatoms. The van der Waals surface area contributed by atoms with E-state index in [1.54, 1.807) is 0 Å². The van der Waals surface area contributed by atoms with E-state index in [1.807, 2.05) is 0 Å². The molecule has 0 spiro atoms. The van der Waals surface area contributed by atoms with Crippen molar-refractivity contribution >= 4 is 61.4 Å². The monoisotopic (exact) mass is 470 g/mol. The van der Waals surface area contributed by atoms with Crippen LogP contribution < -0.4 is 5.30 Å². The molecule has 0 bridgehead atoms. The Morgan fingerprint density at radius 3 is 1.48 bits per heavy atom. The third-order valence-electron chi connectivity index (χ3n) is 3.38. The van der Waals surface area contributed by atoms with Gasteiger partial charge in [0, 0.05) is 0 Å². The fourth-order valence-corrected chi connectivity index (χ4v) is 33.0. The molecule has 0 aliphatic heterocycles. The van der Waals surface area contributed by atoms with E-state index in [1.165, 1.54) is 5.30 Å². The second-order valence-corrected chi connectivity index (χ2v) is 32.1. The summed E-state index contributed by atoms with van der Waals surface area (Å²) in [5, 5.41) is -0.797. The first-order chi connectivity index (χ1) is 10.1. The zero-order valence-corrected chi connectivity index (χ0v) is 22.4. The zero-order chi connectivity index (χ0) is 18.3. The Morgan fingerprint density at radius 1 is 0.783 bits per heavy atom. The van der Waals surface area contributed by atoms with E-state index in [2.05, 4.69) is 113 Å². The Balaban J connectivity index is 3.61. The summed E-state index contributed by atoms with van der Waals surface area (Å²) in [6.07, 6.45) is 0. The van der Waals surface area contributed by atoms with E-state index in [9.17, 15) is 0 Å². The second-order valence-electron chi connectivity index (χ2n) is 8.95. The Hall–Kier alpha value is 1.03. The van der Waals surface area contributed by atoms with Crippen molar-refractivity contribution < 1.29 is 0 Å². The molecule has 1 aromatic rings. The van der Waals surface area contributed by atoms with Crippen LogP contribution in [0.4, 0.5) is 0 Å². The van der Waals surface area contributed by atoms with Crippen LogP contribution in [0.5, 0.6) is 0 Å². The topological polar surface area (TPSA) is 6.48 Å². The molecular formula is C15H32ClN2PSeSi3. The summed E-state index contributed by atoms with van der Waals surface area (Å²) in [4.78, 5) is 0. The number of halogens is 1. The van der Waals surface area contributed by atoms with Gasteiger partial charge in [-0.2, -0.15) is 0 Å². The first kappa shape index (κ1) is 22.1. The van der Waals surface area contributed by atoms with Crippen LogP contribution in [0.15, 0.2) is 30.3 Å². The van der Waals surface area contributed by atoms with E-state index in [4.69, 9.17) is 11.2 Å². The van der Waals surface area contributed by atoms with Crippen LogP contribution in [0, 0.1) is 0 Å². The molecular weight excluding hydrogens is 438 g/mol. The van der Waals surface area contributed by atoms with Gasteiger partial charge in [0.25, 0.3) is 0 Å². The summed E-state index contributed by atoms with van der Waals surface area (Å²) in [6, 6.07) is 10.6. The molecule has 23 heavy (non-hydrogen) atoms. The van der Waals surface area contributed by atoms with Gasteiger partial charge in [0.2, 0.25) is 0 Å². The van der Waals surface area contributed by atoms with Gasteiger partial charge in [-0.25, -0.2) is 0 Å². The van der Waals surface area contributed by atoms with E-state index < -0.39 is 29.7 Å². The molecule has 0 aromatic heterocycles. The van der Waals surface area contributed by atoms with Crippen LogP contribution in [0.1, 0.15) is 0 Å². The summed E-state index contributed by atoms with van der Waals surface area (Å²) in [5.41, 5.74) is 0. The first-order valence-electron chi connectivity index (χ1n) is 8.06. The van der Waals surface area contributed by atoms with Crippen molar-refractivity contribution in [3.63, 3.8) is 0 Å². The molecule has 0 heterocycles. The van der Waals surface area contributed by atoms with E-state index in [-0.39, 0.29) is 0 Å². The average molecular weight is 470 g/mol. The van der Waals surface area contributed by atoms with Gasteiger partial charge in [0.1, 0.15) is 0 Å². The van der Waals surface area contributed by atoms with Crippen molar-refractivity contribution in [3.8, 4) is 0 Å². The minimum absolute atomic E-state index is 1.24. The molecule has 0 saturated heterocycles. The SMILES string of the molecule is C[Si](C)(C)N(N([Si](C)(C)C)P(Cl)(=[Se])c1ccccc1)[Si](C)(C)C. The third-order valence-corrected chi connectivity index (χ3v) is 21.5. The molecule has 1 unspecified atom stereocenters. The summed E-state index contributed by atoms with van der Waals surface area (Å²) in [7, 11) is -4.79. The fourth-order valence-electron chi connectivity index (χ4n) is 3.10. The third kappa shape index (κ3) is 5.50. The molecule has 1 rings (SSSR count). The molecule has 0 radical (unpaired) electrons. The number of hydrogen-bond donors (Lipinski definition) is 0. The number of benzene rings is 1. The molecule has 0 amide bonds. The van der Waals surface area contributed by atoms with Crippen LogP contribution in [-0.2, 0) is 0 Å². The molecule has 2 nitrogen and oxygen atoms in total. The Labute approximate surface area is 158 Å². The van der Waals surface area contributed by atoms with Crippen molar-refractivity contribution in [2.75, 3.05) is 0 Å². The molecule has 1 atom stereocenters. The van der Waals surface area contributed by atoms with Gasteiger partial charge in [-0.1, -0.05) is 0 Å². The van der Waals surface area contributed by atoms with Crippen LogP contribution in [-0.4, -0.2) is 48.6 Å².